The number of benzene rings is 3. The molecular weight excluding hydrogens is 692 g/mol. The van der Waals surface area contributed by atoms with Gasteiger partial charge in [0.1, 0.15) is 6.04 Å². The second kappa shape index (κ2) is 19.2. The molecular formula is C37H49ClN6O6S. The molecule has 3 aromatic rings. The van der Waals surface area contributed by atoms with Crippen molar-refractivity contribution >= 4 is 50.9 Å². The van der Waals surface area contributed by atoms with Gasteiger partial charge in [-0.05, 0) is 74.1 Å². The number of likely N-dealkylation sites (N-methyl/N-ethyl adjacent to an activating group) is 1. The van der Waals surface area contributed by atoms with Crippen LogP contribution < -0.4 is 30.9 Å². The van der Waals surface area contributed by atoms with Crippen LogP contribution in [-0.4, -0.2) is 83.1 Å². The van der Waals surface area contributed by atoms with Crippen molar-refractivity contribution in [2.75, 3.05) is 37.2 Å². The van der Waals surface area contributed by atoms with E-state index in [-0.39, 0.29) is 47.6 Å². The molecule has 0 aliphatic carbocycles. The number of nitrogens with one attached hydrogen (secondary N) is 5. The first-order valence-corrected chi connectivity index (χ1v) is 19.1. The molecule has 276 valence electrons. The maximum atomic E-state index is 13.8. The maximum Gasteiger partial charge on any atom is 0.251 e. The lowest BCUT2D eigenvalue weighted by Gasteiger charge is -2.25. The van der Waals surface area contributed by atoms with Gasteiger partial charge >= 0.3 is 0 Å². The Morgan fingerprint density at radius 1 is 0.804 bits per heavy atom. The molecule has 0 unspecified atom stereocenters. The van der Waals surface area contributed by atoms with Crippen LogP contribution in [0.2, 0.25) is 5.02 Å². The lowest BCUT2D eigenvalue weighted by Crippen LogP contribution is -2.55. The largest absolute Gasteiger partial charge is 0.355 e. The van der Waals surface area contributed by atoms with Gasteiger partial charge in [0.05, 0.1) is 18.0 Å². The van der Waals surface area contributed by atoms with Crippen molar-refractivity contribution in [3.63, 3.8) is 0 Å². The molecule has 0 saturated carbocycles. The number of amides is 4. The predicted octanol–water partition coefficient (Wildman–Crippen LogP) is 3.30. The first-order valence-electron chi connectivity index (χ1n) is 16.9. The van der Waals surface area contributed by atoms with Gasteiger partial charge in [0.25, 0.3) is 11.8 Å². The molecule has 4 amide bonds. The van der Waals surface area contributed by atoms with Crippen LogP contribution in [0.3, 0.4) is 0 Å². The zero-order valence-corrected chi connectivity index (χ0v) is 31.5. The minimum absolute atomic E-state index is 0.0774. The minimum Gasteiger partial charge on any atom is -0.355 e. The van der Waals surface area contributed by atoms with E-state index < -0.39 is 40.0 Å². The molecule has 0 aliphatic rings. The van der Waals surface area contributed by atoms with Gasteiger partial charge < -0.3 is 26.6 Å². The van der Waals surface area contributed by atoms with E-state index in [1.54, 1.807) is 19.1 Å². The van der Waals surface area contributed by atoms with E-state index in [1.807, 2.05) is 63.2 Å². The molecule has 3 rings (SSSR count). The summed E-state index contributed by atoms with van der Waals surface area (Å²) >= 11 is 6.08. The molecule has 0 aromatic heterocycles. The molecule has 0 bridgehead atoms. The minimum atomic E-state index is -3.73. The molecule has 12 nitrogen and oxygen atoms in total. The summed E-state index contributed by atoms with van der Waals surface area (Å²) in [5, 5.41) is 15.2. The van der Waals surface area contributed by atoms with Gasteiger partial charge in [-0.1, -0.05) is 67.9 Å². The highest BCUT2D eigenvalue weighted by atomic mass is 35.5. The van der Waals surface area contributed by atoms with Gasteiger partial charge in [-0.3, -0.25) is 23.5 Å². The third-order valence-electron chi connectivity index (χ3n) is 8.21. The van der Waals surface area contributed by atoms with Crippen LogP contribution in [0.1, 0.15) is 59.5 Å². The molecule has 3 atom stereocenters. The molecule has 0 saturated heterocycles. The SMILES string of the molecule is CCNC(=O)[C@@H](NC(=O)[C@H](C)NC[C@H](Cc1ccccc1)NC(=O)c1cc(C(=O)NCCc2cccc(Cl)c2)cc(N(C)S(C)(=O)=O)c1)C(C)C. The Kier molecular flexibility index (Phi) is 15.4. The van der Waals surface area contributed by atoms with E-state index in [0.717, 1.165) is 21.7 Å². The molecule has 0 spiro atoms. The highest BCUT2D eigenvalue weighted by Crippen LogP contribution is 2.21. The molecule has 14 heteroatoms. The highest BCUT2D eigenvalue weighted by molar-refractivity contribution is 7.92. The number of carbonyl (C=O) groups excluding carboxylic acids is 4. The summed E-state index contributed by atoms with van der Waals surface area (Å²) in [6.07, 6.45) is 1.95. The quantitative estimate of drug-likeness (QED) is 0.134. The fourth-order valence-corrected chi connectivity index (χ4v) is 5.91. The molecule has 51 heavy (non-hydrogen) atoms. The van der Waals surface area contributed by atoms with Gasteiger partial charge in [-0.15, -0.1) is 0 Å². The van der Waals surface area contributed by atoms with Crippen LogP contribution in [0, 0.1) is 5.92 Å². The van der Waals surface area contributed by atoms with Gasteiger partial charge in [-0.25, -0.2) is 8.42 Å². The normalized spacial score (nSPS) is 13.1. The van der Waals surface area contributed by atoms with Crippen LogP contribution in [0.5, 0.6) is 0 Å². The summed E-state index contributed by atoms with van der Waals surface area (Å²) in [5.74, 6) is -1.79. The lowest BCUT2D eigenvalue weighted by atomic mass is 10.0. The van der Waals surface area contributed by atoms with Gasteiger partial charge in [0.15, 0.2) is 0 Å². The summed E-state index contributed by atoms with van der Waals surface area (Å²) in [6.45, 7) is 8.09. The average molecular weight is 741 g/mol. The van der Waals surface area contributed by atoms with Crippen LogP contribution in [0.4, 0.5) is 5.69 Å². The second-order valence-corrected chi connectivity index (χ2v) is 15.2. The number of anilines is 1. The zero-order valence-electron chi connectivity index (χ0n) is 30.0. The Balaban J connectivity index is 1.82. The second-order valence-electron chi connectivity index (χ2n) is 12.7. The van der Waals surface area contributed by atoms with Crippen molar-refractivity contribution in [1.82, 2.24) is 26.6 Å². The number of rotatable bonds is 18. The lowest BCUT2D eigenvalue weighted by molar-refractivity contribution is -0.130. The number of hydrogen-bond donors (Lipinski definition) is 5. The van der Waals surface area contributed by atoms with E-state index in [4.69, 9.17) is 11.6 Å². The Labute approximate surface area is 306 Å². The van der Waals surface area contributed by atoms with Crippen molar-refractivity contribution in [2.24, 2.45) is 5.92 Å². The number of halogens is 1. The van der Waals surface area contributed by atoms with E-state index >= 15 is 0 Å². The van der Waals surface area contributed by atoms with Crippen LogP contribution in [0.25, 0.3) is 0 Å². The van der Waals surface area contributed by atoms with E-state index in [1.165, 1.54) is 25.2 Å². The third kappa shape index (κ3) is 13.0. The molecule has 0 fully saturated rings. The Morgan fingerprint density at radius 3 is 2.06 bits per heavy atom. The number of carbonyl (C=O) groups is 4. The van der Waals surface area contributed by atoms with Crippen molar-refractivity contribution in [3.05, 3.63) is 100 Å². The van der Waals surface area contributed by atoms with E-state index in [0.29, 0.717) is 24.4 Å². The Hall–Kier alpha value is -4.46. The maximum absolute atomic E-state index is 13.8. The average Bonchev–Trinajstić information content (AvgIpc) is 3.08. The first kappa shape index (κ1) is 41.0. The Bertz CT molecular complexity index is 1770. The molecule has 5 N–H and O–H groups in total. The van der Waals surface area contributed by atoms with E-state index in [2.05, 4.69) is 26.6 Å². The monoisotopic (exact) mass is 740 g/mol. The molecule has 0 radical (unpaired) electrons. The van der Waals surface area contributed by atoms with Crippen molar-refractivity contribution in [1.29, 1.82) is 0 Å². The molecule has 3 aromatic carbocycles. The number of sulfonamides is 1. The summed E-state index contributed by atoms with van der Waals surface area (Å²) in [6, 6.07) is 19.1. The third-order valence-corrected chi connectivity index (χ3v) is 9.65. The fourth-order valence-electron chi connectivity index (χ4n) is 5.21. The first-order chi connectivity index (χ1) is 24.1. The number of nitrogens with zero attached hydrogens (tertiary/aromatic N) is 1. The van der Waals surface area contributed by atoms with Gasteiger partial charge in [0, 0.05) is 48.9 Å². The summed E-state index contributed by atoms with van der Waals surface area (Å²) in [5.41, 5.74) is 2.19. The smallest absolute Gasteiger partial charge is 0.251 e. The van der Waals surface area contributed by atoms with E-state index in [9.17, 15) is 27.6 Å². The van der Waals surface area contributed by atoms with Crippen LogP contribution in [0.15, 0.2) is 72.8 Å². The highest BCUT2D eigenvalue weighted by Gasteiger charge is 2.27. The Morgan fingerprint density at radius 2 is 1.45 bits per heavy atom. The van der Waals surface area contributed by atoms with Crippen molar-refractivity contribution in [3.8, 4) is 0 Å². The van der Waals surface area contributed by atoms with Crippen LogP contribution >= 0.6 is 11.6 Å². The van der Waals surface area contributed by atoms with Crippen molar-refractivity contribution in [2.45, 2.75) is 58.7 Å². The predicted molar refractivity (Wildman–Crippen MR) is 201 cm³/mol. The van der Waals surface area contributed by atoms with Gasteiger partial charge in [0.2, 0.25) is 21.8 Å². The molecule has 0 heterocycles. The number of hydrogen-bond acceptors (Lipinski definition) is 7. The standard InChI is InChI=1S/C37H49ClN6O6S/c1-7-39-37(48)33(24(2)3)43-34(45)25(4)41-23-31(19-26-12-9-8-10-13-26)42-36(47)29-20-28(21-32(22-29)44(5)51(6,49)50)35(46)40-17-16-27-14-11-15-30(38)18-27/h8-15,18,20-22,24-25,31,33,41H,7,16-17,19,23H2,1-6H3,(H,39,48)(H,40,46)(H,42,47)(H,43,45)/t25-,31-,33-/m0/s1. The van der Waals surface area contributed by atoms with Crippen molar-refractivity contribution < 1.29 is 27.6 Å². The van der Waals surface area contributed by atoms with Gasteiger partial charge in [-0.2, -0.15) is 0 Å². The molecule has 0 aliphatic heterocycles. The summed E-state index contributed by atoms with van der Waals surface area (Å²) < 4.78 is 25.9. The van der Waals surface area contributed by atoms with Crippen LogP contribution in [-0.2, 0) is 32.5 Å². The zero-order chi connectivity index (χ0) is 37.7. The topological polar surface area (TPSA) is 166 Å². The summed E-state index contributed by atoms with van der Waals surface area (Å²) in [7, 11) is -2.38. The summed E-state index contributed by atoms with van der Waals surface area (Å²) in [4.78, 5) is 52.7. The fraction of sp³-hybridized carbons (Fsp3) is 0.405.